The Bertz CT molecular complexity index is 1540. The van der Waals surface area contributed by atoms with Crippen LogP contribution in [0.3, 0.4) is 0 Å². The maximum atomic E-state index is 13.4. The fraction of sp³-hybridized carbons (Fsp3) is 0.231. The molecule has 0 aliphatic carbocycles. The van der Waals surface area contributed by atoms with E-state index in [-0.39, 0.29) is 28.8 Å². The SMILES string of the molecule is CCC(=O)Nc1c(S(=O)(=O)C(C)(C)C)oc2nc(-c3ccccc3Cl)c(-c3ccc(Cl)cc3)cc12. The summed E-state index contributed by atoms with van der Waals surface area (Å²) in [5.74, 6) is -0.346. The van der Waals surface area contributed by atoms with Gasteiger partial charge in [-0.25, -0.2) is 13.4 Å². The fourth-order valence-corrected chi connectivity index (χ4v) is 5.05. The highest BCUT2D eigenvalue weighted by molar-refractivity contribution is 7.92. The zero-order chi connectivity index (χ0) is 25.5. The van der Waals surface area contributed by atoms with Gasteiger partial charge in [0.25, 0.3) is 0 Å². The lowest BCUT2D eigenvalue weighted by Gasteiger charge is -2.18. The van der Waals surface area contributed by atoms with Crippen molar-refractivity contribution in [3.05, 3.63) is 64.6 Å². The second-order valence-electron chi connectivity index (χ2n) is 9.01. The van der Waals surface area contributed by atoms with Crippen LogP contribution in [-0.2, 0) is 14.6 Å². The van der Waals surface area contributed by atoms with E-state index >= 15 is 0 Å². The molecule has 1 N–H and O–H groups in total. The van der Waals surface area contributed by atoms with Crippen LogP contribution in [0.15, 0.2) is 64.1 Å². The zero-order valence-electron chi connectivity index (χ0n) is 19.6. The number of fused-ring (bicyclic) bond motifs is 1. The quantitative estimate of drug-likeness (QED) is 0.290. The summed E-state index contributed by atoms with van der Waals surface area (Å²) in [7, 11) is -3.96. The molecule has 0 radical (unpaired) electrons. The molecule has 4 aromatic rings. The number of amides is 1. The molecule has 4 rings (SSSR count). The van der Waals surface area contributed by atoms with E-state index in [2.05, 4.69) is 5.32 Å². The second-order valence-corrected chi connectivity index (χ2v) is 12.5. The molecule has 1 amide bonds. The molecule has 0 unspecified atom stereocenters. The third kappa shape index (κ3) is 4.68. The lowest BCUT2D eigenvalue weighted by atomic mass is 9.98. The van der Waals surface area contributed by atoms with Gasteiger partial charge in [-0.1, -0.05) is 60.5 Å². The van der Waals surface area contributed by atoms with Crippen LogP contribution in [0.4, 0.5) is 5.69 Å². The van der Waals surface area contributed by atoms with E-state index < -0.39 is 14.6 Å². The van der Waals surface area contributed by atoms with Gasteiger partial charge in [0.1, 0.15) is 5.69 Å². The summed E-state index contributed by atoms with van der Waals surface area (Å²) in [6.07, 6.45) is 0.164. The number of aromatic nitrogens is 1. The summed E-state index contributed by atoms with van der Waals surface area (Å²) < 4.78 is 31.5. The standard InChI is InChI=1S/C26H24Cl2N2O4S/c1-5-21(31)29-23-19-14-18(15-10-12-16(27)13-11-15)22(17-8-6-7-9-20(17)28)30-24(19)34-25(23)35(32,33)26(2,3)4/h6-14H,5H2,1-4H3,(H,29,31). The molecule has 0 aliphatic rings. The molecule has 0 saturated carbocycles. The molecule has 2 aromatic heterocycles. The average molecular weight is 531 g/mol. The number of carbonyl (C=O) groups is 1. The number of sulfone groups is 1. The van der Waals surface area contributed by atoms with Crippen LogP contribution in [-0.4, -0.2) is 24.1 Å². The Morgan fingerprint density at radius 3 is 2.29 bits per heavy atom. The summed E-state index contributed by atoms with van der Waals surface area (Å²) in [4.78, 5) is 17.1. The number of benzene rings is 2. The molecule has 0 atom stereocenters. The van der Waals surface area contributed by atoms with Gasteiger partial charge < -0.3 is 9.73 Å². The molecule has 0 bridgehead atoms. The number of hydrogen-bond acceptors (Lipinski definition) is 5. The van der Waals surface area contributed by atoms with Crippen molar-refractivity contribution in [2.75, 3.05) is 5.32 Å². The molecule has 2 heterocycles. The minimum Gasteiger partial charge on any atom is -0.424 e. The van der Waals surface area contributed by atoms with Crippen LogP contribution in [0.2, 0.25) is 10.0 Å². The van der Waals surface area contributed by atoms with Crippen LogP contribution in [0, 0.1) is 0 Å². The van der Waals surface area contributed by atoms with E-state index in [1.165, 1.54) is 0 Å². The minimum atomic E-state index is -3.96. The first-order valence-corrected chi connectivity index (χ1v) is 13.2. The van der Waals surface area contributed by atoms with Crippen LogP contribution < -0.4 is 5.32 Å². The molecule has 0 aliphatic heterocycles. The lowest BCUT2D eigenvalue weighted by Crippen LogP contribution is -2.28. The van der Waals surface area contributed by atoms with Gasteiger partial charge in [-0.05, 0) is 50.6 Å². The number of rotatable bonds is 5. The summed E-state index contributed by atoms with van der Waals surface area (Å²) in [5, 5.41) is 3.81. The Hall–Kier alpha value is -2.87. The fourth-order valence-electron chi connectivity index (χ4n) is 3.52. The Balaban J connectivity index is 2.11. The Morgan fingerprint density at radius 2 is 1.69 bits per heavy atom. The van der Waals surface area contributed by atoms with Crippen LogP contribution in [0.25, 0.3) is 33.5 Å². The van der Waals surface area contributed by atoms with Crippen molar-refractivity contribution in [1.29, 1.82) is 0 Å². The molecule has 9 heteroatoms. The summed E-state index contributed by atoms with van der Waals surface area (Å²) >= 11 is 12.6. The topological polar surface area (TPSA) is 89.3 Å². The third-order valence-corrected chi connectivity index (χ3v) is 8.54. The molecule has 6 nitrogen and oxygen atoms in total. The van der Waals surface area contributed by atoms with Gasteiger partial charge in [0.2, 0.25) is 26.6 Å². The van der Waals surface area contributed by atoms with Crippen molar-refractivity contribution >= 4 is 55.7 Å². The van der Waals surface area contributed by atoms with E-state index in [9.17, 15) is 13.2 Å². The van der Waals surface area contributed by atoms with Crippen molar-refractivity contribution in [3.63, 3.8) is 0 Å². The number of hydrogen-bond donors (Lipinski definition) is 1. The van der Waals surface area contributed by atoms with Crippen molar-refractivity contribution in [1.82, 2.24) is 4.98 Å². The maximum absolute atomic E-state index is 13.4. The van der Waals surface area contributed by atoms with Crippen molar-refractivity contribution in [2.45, 2.75) is 44.0 Å². The number of anilines is 1. The summed E-state index contributed by atoms with van der Waals surface area (Å²) in [5.41, 5.74) is 2.77. The number of halogens is 2. The predicted octanol–water partition coefficient (Wildman–Crippen LogP) is 7.39. The number of carbonyl (C=O) groups excluding carboxylic acids is 1. The highest BCUT2D eigenvalue weighted by Gasteiger charge is 2.38. The molecule has 182 valence electrons. The average Bonchev–Trinajstić information content (AvgIpc) is 3.16. The monoisotopic (exact) mass is 530 g/mol. The Labute approximate surface area is 214 Å². The first kappa shape index (κ1) is 25.2. The van der Waals surface area contributed by atoms with Crippen LogP contribution >= 0.6 is 23.2 Å². The van der Waals surface area contributed by atoms with Gasteiger partial charge in [0, 0.05) is 27.6 Å². The number of pyridine rings is 1. The van der Waals surface area contributed by atoms with Gasteiger partial charge >= 0.3 is 0 Å². The van der Waals surface area contributed by atoms with E-state index in [4.69, 9.17) is 32.6 Å². The van der Waals surface area contributed by atoms with E-state index in [0.717, 1.165) is 5.56 Å². The van der Waals surface area contributed by atoms with Gasteiger partial charge in [0.15, 0.2) is 0 Å². The normalized spacial score (nSPS) is 12.2. The maximum Gasteiger partial charge on any atom is 0.245 e. The molecule has 0 fully saturated rings. The van der Waals surface area contributed by atoms with Gasteiger partial charge in [-0.3, -0.25) is 4.79 Å². The van der Waals surface area contributed by atoms with Gasteiger partial charge in [-0.2, -0.15) is 0 Å². The number of furan rings is 1. The minimum absolute atomic E-state index is 0.0758. The second kappa shape index (κ2) is 9.30. The predicted molar refractivity (Wildman–Crippen MR) is 141 cm³/mol. The molecule has 35 heavy (non-hydrogen) atoms. The third-order valence-electron chi connectivity index (χ3n) is 5.57. The molecule has 2 aromatic carbocycles. The van der Waals surface area contributed by atoms with E-state index in [1.54, 1.807) is 52.0 Å². The van der Waals surface area contributed by atoms with Gasteiger partial charge in [0.05, 0.1) is 15.8 Å². The Morgan fingerprint density at radius 1 is 1.03 bits per heavy atom. The van der Waals surface area contributed by atoms with Crippen LogP contribution in [0.5, 0.6) is 0 Å². The Kier molecular flexibility index (Phi) is 6.70. The highest BCUT2D eigenvalue weighted by Crippen LogP contribution is 2.43. The van der Waals surface area contributed by atoms with E-state index in [0.29, 0.717) is 32.3 Å². The summed E-state index contributed by atoms with van der Waals surface area (Å²) in [6.45, 7) is 6.40. The van der Waals surface area contributed by atoms with Crippen molar-refractivity contribution in [2.24, 2.45) is 0 Å². The number of nitrogens with zero attached hydrogens (tertiary/aromatic N) is 1. The van der Waals surface area contributed by atoms with E-state index in [1.807, 2.05) is 30.3 Å². The largest absolute Gasteiger partial charge is 0.424 e. The lowest BCUT2D eigenvalue weighted by molar-refractivity contribution is -0.115. The van der Waals surface area contributed by atoms with Crippen molar-refractivity contribution in [3.8, 4) is 22.4 Å². The molecule has 0 spiro atoms. The summed E-state index contributed by atoms with van der Waals surface area (Å²) in [6, 6.07) is 16.2. The molecule has 0 saturated heterocycles. The van der Waals surface area contributed by atoms with Crippen molar-refractivity contribution < 1.29 is 17.6 Å². The first-order valence-electron chi connectivity index (χ1n) is 11.0. The van der Waals surface area contributed by atoms with Gasteiger partial charge in [-0.15, -0.1) is 0 Å². The van der Waals surface area contributed by atoms with Crippen LogP contribution in [0.1, 0.15) is 34.1 Å². The molecular weight excluding hydrogens is 507 g/mol. The highest BCUT2D eigenvalue weighted by atomic mass is 35.5. The first-order chi connectivity index (χ1) is 16.4. The molecular formula is C26H24Cl2N2O4S. The smallest absolute Gasteiger partial charge is 0.245 e. The zero-order valence-corrected chi connectivity index (χ0v) is 22.0. The number of nitrogens with one attached hydrogen (secondary N) is 1.